The van der Waals surface area contributed by atoms with Gasteiger partial charge in [0.1, 0.15) is 12.1 Å². The van der Waals surface area contributed by atoms with Crippen molar-refractivity contribution in [2.45, 2.75) is 33.3 Å². The predicted octanol–water partition coefficient (Wildman–Crippen LogP) is -0.330. The van der Waals surface area contributed by atoms with Crippen LogP contribution in [-0.2, 0) is 4.74 Å². The highest BCUT2D eigenvalue weighted by atomic mass is 16.6. The average Bonchev–Trinajstić information content (AvgIpc) is 2.44. The first-order valence-corrected chi connectivity index (χ1v) is 5.25. The minimum absolute atomic E-state index is 0.355. The summed E-state index contributed by atoms with van der Waals surface area (Å²) in [6.07, 6.45) is -0.355. The van der Waals surface area contributed by atoms with Gasteiger partial charge in [-0.3, -0.25) is 10.3 Å². The molecule has 0 spiro atoms. The molecule has 0 aromatic rings. The molecule has 0 aromatic carbocycles. The van der Waals surface area contributed by atoms with Gasteiger partial charge in [0.25, 0.3) is 0 Å². The summed E-state index contributed by atoms with van der Waals surface area (Å²) in [5.41, 5.74) is 7.33. The fourth-order valence-corrected chi connectivity index (χ4v) is 1.48. The number of hydrogen-bond acceptors (Lipinski definition) is 3. The molecule has 1 aliphatic heterocycles. The number of carbonyl (C=O) groups excluding carboxylic acids is 1. The smallest absolute Gasteiger partial charge is 0.411 e. The van der Waals surface area contributed by atoms with Crippen LogP contribution < -0.4 is 11.1 Å². The third-order valence-corrected chi connectivity index (χ3v) is 2.23. The van der Waals surface area contributed by atoms with Crippen molar-refractivity contribution in [2.75, 3.05) is 13.1 Å². The van der Waals surface area contributed by atoms with E-state index in [2.05, 4.69) is 0 Å². The Balaban J connectivity index is 2.70. The normalized spacial score (nSPS) is 20.0. The molecular weight excluding hydrogens is 206 g/mol. The van der Waals surface area contributed by atoms with E-state index >= 15 is 0 Å². The highest BCUT2D eigenvalue weighted by molar-refractivity contribution is 6.02. The van der Waals surface area contributed by atoms with Crippen molar-refractivity contribution >= 4 is 11.8 Å². The van der Waals surface area contributed by atoms with E-state index in [4.69, 9.17) is 15.9 Å². The van der Waals surface area contributed by atoms with Gasteiger partial charge in [0, 0.05) is 5.70 Å². The van der Waals surface area contributed by atoms with Gasteiger partial charge in [0.05, 0.1) is 12.1 Å². The van der Waals surface area contributed by atoms with Gasteiger partial charge in [-0.05, 0) is 27.7 Å². The summed E-state index contributed by atoms with van der Waals surface area (Å²) in [7, 11) is 0. The van der Waals surface area contributed by atoms with Crippen molar-refractivity contribution < 1.29 is 14.9 Å². The van der Waals surface area contributed by atoms with Crippen LogP contribution in [0.5, 0.6) is 0 Å². The Morgan fingerprint density at radius 2 is 2.00 bits per heavy atom. The van der Waals surface area contributed by atoms with Crippen LogP contribution in [0.1, 0.15) is 27.7 Å². The topological polar surface area (TPSA) is 81.2 Å². The summed E-state index contributed by atoms with van der Waals surface area (Å²) in [5.74, 6) is 0. The fraction of sp³-hybridized carbons (Fsp3) is 0.636. The standard InChI is InChI=1S/C11H19N3O2/c1-7(12)8-5-14(6-9(8)13)10(15)16-11(2,3)4/h13H,5-6,12H2,1-4H3/p+1. The zero-order chi connectivity index (χ0) is 12.5. The third-order valence-electron chi connectivity index (χ3n) is 2.23. The molecule has 0 aliphatic carbocycles. The molecule has 1 amide bonds. The molecule has 0 atom stereocenters. The molecule has 0 radical (unpaired) electrons. The average molecular weight is 226 g/mol. The van der Waals surface area contributed by atoms with Gasteiger partial charge in [-0.2, -0.15) is 0 Å². The lowest BCUT2D eigenvalue weighted by Gasteiger charge is -2.23. The van der Waals surface area contributed by atoms with Crippen LogP contribution in [0.25, 0.3) is 0 Å². The molecule has 1 fully saturated rings. The molecule has 0 unspecified atom stereocenters. The first kappa shape index (κ1) is 12.5. The minimum atomic E-state index is -0.490. The number of amides is 1. The Bertz CT molecular complexity index is 349. The van der Waals surface area contributed by atoms with Gasteiger partial charge in [-0.25, -0.2) is 4.79 Å². The fourth-order valence-electron chi connectivity index (χ4n) is 1.48. The largest absolute Gasteiger partial charge is 0.444 e. The van der Waals surface area contributed by atoms with Crippen LogP contribution in [0.15, 0.2) is 11.3 Å². The number of nitrogens with two attached hydrogens (primary N) is 2. The van der Waals surface area contributed by atoms with E-state index in [0.29, 0.717) is 24.5 Å². The van der Waals surface area contributed by atoms with Crippen molar-refractivity contribution in [2.24, 2.45) is 5.73 Å². The van der Waals surface area contributed by atoms with Crippen molar-refractivity contribution in [3.05, 3.63) is 11.3 Å². The number of hydrogen-bond donors (Lipinski definition) is 2. The van der Waals surface area contributed by atoms with Gasteiger partial charge in [0.15, 0.2) is 5.71 Å². The Labute approximate surface area is 95.8 Å². The second-order valence-electron chi connectivity index (χ2n) is 5.02. The lowest BCUT2D eigenvalue weighted by molar-refractivity contribution is -0.114. The molecule has 1 aliphatic rings. The number of allylic oxidation sites excluding steroid dienone is 1. The molecule has 5 nitrogen and oxygen atoms in total. The zero-order valence-electron chi connectivity index (χ0n) is 10.3. The van der Waals surface area contributed by atoms with Crippen molar-refractivity contribution in [3.63, 3.8) is 0 Å². The first-order chi connectivity index (χ1) is 7.20. The number of carbonyl (C=O) groups is 1. The molecule has 16 heavy (non-hydrogen) atoms. The highest BCUT2D eigenvalue weighted by Gasteiger charge is 2.33. The summed E-state index contributed by atoms with van der Waals surface area (Å²) < 4.78 is 5.25. The zero-order valence-corrected chi connectivity index (χ0v) is 10.3. The highest BCUT2D eigenvalue weighted by Crippen LogP contribution is 2.16. The van der Waals surface area contributed by atoms with Crippen molar-refractivity contribution in [1.82, 2.24) is 4.90 Å². The monoisotopic (exact) mass is 226 g/mol. The van der Waals surface area contributed by atoms with Gasteiger partial charge < -0.3 is 10.5 Å². The summed E-state index contributed by atoms with van der Waals surface area (Å²) >= 11 is 0. The van der Waals surface area contributed by atoms with E-state index in [9.17, 15) is 4.79 Å². The summed E-state index contributed by atoms with van der Waals surface area (Å²) in [4.78, 5) is 13.3. The van der Waals surface area contributed by atoms with Gasteiger partial charge in [-0.1, -0.05) is 0 Å². The maximum absolute atomic E-state index is 11.7. The Morgan fingerprint density at radius 1 is 1.44 bits per heavy atom. The van der Waals surface area contributed by atoms with Crippen LogP contribution in [0.2, 0.25) is 0 Å². The molecular formula is C11H20N3O2+. The molecule has 1 rings (SSSR count). The molecule has 1 heterocycles. The van der Waals surface area contributed by atoms with Crippen LogP contribution in [0.4, 0.5) is 4.79 Å². The Hall–Kier alpha value is -1.52. The van der Waals surface area contributed by atoms with Crippen molar-refractivity contribution in [1.29, 1.82) is 0 Å². The summed E-state index contributed by atoms with van der Waals surface area (Å²) in [6.45, 7) is 8.10. The van der Waals surface area contributed by atoms with E-state index in [0.717, 1.165) is 5.57 Å². The molecule has 1 saturated heterocycles. The van der Waals surface area contributed by atoms with Gasteiger partial charge in [-0.15, -0.1) is 0 Å². The minimum Gasteiger partial charge on any atom is -0.444 e. The second kappa shape index (κ2) is 4.15. The Kier molecular flexibility index (Phi) is 3.26. The molecule has 0 bridgehead atoms. The van der Waals surface area contributed by atoms with Crippen LogP contribution in [-0.4, -0.2) is 35.4 Å². The maximum atomic E-state index is 11.7. The lowest BCUT2D eigenvalue weighted by Crippen LogP contribution is -2.43. The molecule has 90 valence electrons. The van der Waals surface area contributed by atoms with E-state index in [1.165, 1.54) is 0 Å². The van der Waals surface area contributed by atoms with E-state index in [1.54, 1.807) is 11.8 Å². The van der Waals surface area contributed by atoms with Crippen LogP contribution >= 0.6 is 0 Å². The number of nitrogens with zero attached hydrogens (tertiary/aromatic N) is 1. The summed E-state index contributed by atoms with van der Waals surface area (Å²) in [6, 6.07) is 0. The van der Waals surface area contributed by atoms with Crippen LogP contribution in [0.3, 0.4) is 0 Å². The predicted molar refractivity (Wildman–Crippen MR) is 61.6 cm³/mol. The molecule has 4 N–H and O–H groups in total. The third kappa shape index (κ3) is 2.98. The van der Waals surface area contributed by atoms with E-state index in [-0.39, 0.29) is 6.09 Å². The summed E-state index contributed by atoms with van der Waals surface area (Å²) in [5, 5.41) is 5.80. The first-order valence-electron chi connectivity index (χ1n) is 5.25. The Morgan fingerprint density at radius 3 is 2.38 bits per heavy atom. The molecule has 0 saturated carbocycles. The van der Waals surface area contributed by atoms with E-state index < -0.39 is 5.60 Å². The van der Waals surface area contributed by atoms with Gasteiger partial charge >= 0.3 is 6.09 Å². The molecule has 0 aromatic heterocycles. The van der Waals surface area contributed by atoms with E-state index in [1.807, 2.05) is 20.8 Å². The number of rotatable bonds is 0. The second-order valence-corrected chi connectivity index (χ2v) is 5.02. The van der Waals surface area contributed by atoms with Crippen LogP contribution in [0, 0.1) is 0 Å². The molecule has 5 heteroatoms. The van der Waals surface area contributed by atoms with Crippen molar-refractivity contribution in [3.8, 4) is 0 Å². The lowest BCUT2D eigenvalue weighted by atomic mass is 10.2. The quantitative estimate of drug-likeness (QED) is 0.593. The van der Waals surface area contributed by atoms with Gasteiger partial charge in [0.2, 0.25) is 0 Å². The SMILES string of the molecule is CC(N)=C1CN(C(=O)OC(C)(C)C)CC1=[NH2+]. The maximum Gasteiger partial charge on any atom is 0.411 e. The number of ether oxygens (including phenoxy) is 1. The number of likely N-dealkylation sites (tertiary alicyclic amines) is 1.